The van der Waals surface area contributed by atoms with Crippen molar-refractivity contribution in [2.24, 2.45) is 0 Å². The minimum absolute atomic E-state index is 0.110. The normalized spacial score (nSPS) is 15.9. The van der Waals surface area contributed by atoms with Crippen molar-refractivity contribution in [2.75, 3.05) is 25.0 Å². The number of amides is 4. The number of benzene rings is 1. The first-order valence-corrected chi connectivity index (χ1v) is 12.5. The monoisotopic (exact) mass is 466 g/mol. The molecule has 32 heavy (non-hydrogen) atoms. The quantitative estimate of drug-likeness (QED) is 0.487. The Labute approximate surface area is 190 Å². The maximum Gasteiger partial charge on any atom is 0.325 e. The van der Waals surface area contributed by atoms with Gasteiger partial charge in [0.05, 0.1) is 4.90 Å². The average molecular weight is 467 g/mol. The Balaban J connectivity index is 2.20. The van der Waals surface area contributed by atoms with E-state index in [0.29, 0.717) is 31.5 Å². The highest BCUT2D eigenvalue weighted by Gasteiger charge is 2.50. The number of hydrogen-bond donors (Lipinski definition) is 2. The van der Waals surface area contributed by atoms with Crippen LogP contribution in [-0.4, -0.2) is 60.6 Å². The van der Waals surface area contributed by atoms with Crippen molar-refractivity contribution in [3.05, 3.63) is 23.8 Å². The molecule has 9 nitrogen and oxygen atoms in total. The standard InChI is InChI=1S/C22H34N4O5S/c1-6-12-22(13-7-2)20(28)26(21(29)24-22)15-19(27)23-17-11-10-16(5)18(14-17)32(30,31)25(8-3)9-4/h10-11,14H,6-9,12-13,15H2,1-5H3,(H,23,27)(H,24,29). The molecule has 4 amide bonds. The highest BCUT2D eigenvalue weighted by Crippen LogP contribution is 2.28. The zero-order chi connectivity index (χ0) is 24.1. The Morgan fingerprint density at radius 3 is 2.22 bits per heavy atom. The van der Waals surface area contributed by atoms with Gasteiger partial charge in [0.15, 0.2) is 0 Å². The van der Waals surface area contributed by atoms with Gasteiger partial charge in [-0.25, -0.2) is 13.2 Å². The van der Waals surface area contributed by atoms with Gasteiger partial charge in [-0.05, 0) is 37.5 Å². The number of nitrogens with one attached hydrogen (secondary N) is 2. The fourth-order valence-electron chi connectivity index (χ4n) is 4.14. The lowest BCUT2D eigenvalue weighted by molar-refractivity contribution is -0.134. The first-order valence-electron chi connectivity index (χ1n) is 11.1. The van der Waals surface area contributed by atoms with Gasteiger partial charge in [0, 0.05) is 18.8 Å². The minimum Gasteiger partial charge on any atom is -0.324 e. The molecule has 0 atom stereocenters. The summed E-state index contributed by atoms with van der Waals surface area (Å²) < 4.78 is 27.2. The lowest BCUT2D eigenvalue weighted by Crippen LogP contribution is -2.47. The van der Waals surface area contributed by atoms with Crippen LogP contribution in [0.4, 0.5) is 10.5 Å². The summed E-state index contributed by atoms with van der Waals surface area (Å²) in [7, 11) is -3.70. The number of aryl methyl sites for hydroxylation is 1. The molecule has 1 saturated heterocycles. The number of sulfonamides is 1. The van der Waals surface area contributed by atoms with Crippen molar-refractivity contribution < 1.29 is 22.8 Å². The summed E-state index contributed by atoms with van der Waals surface area (Å²) in [5, 5.41) is 5.39. The number of imide groups is 1. The molecule has 178 valence electrons. The van der Waals surface area contributed by atoms with Gasteiger partial charge in [0.2, 0.25) is 15.9 Å². The Morgan fingerprint density at radius 1 is 1.09 bits per heavy atom. The van der Waals surface area contributed by atoms with Crippen molar-refractivity contribution in [3.8, 4) is 0 Å². The molecule has 0 aromatic heterocycles. The van der Waals surface area contributed by atoms with Crippen LogP contribution in [0.2, 0.25) is 0 Å². The van der Waals surface area contributed by atoms with Crippen LogP contribution in [0, 0.1) is 6.92 Å². The highest BCUT2D eigenvalue weighted by molar-refractivity contribution is 7.89. The Morgan fingerprint density at radius 2 is 1.69 bits per heavy atom. The fraction of sp³-hybridized carbons (Fsp3) is 0.591. The van der Waals surface area contributed by atoms with Crippen LogP contribution in [0.25, 0.3) is 0 Å². The van der Waals surface area contributed by atoms with Gasteiger partial charge < -0.3 is 10.6 Å². The van der Waals surface area contributed by atoms with Gasteiger partial charge in [-0.1, -0.05) is 46.6 Å². The molecule has 10 heteroatoms. The van der Waals surface area contributed by atoms with Crippen LogP contribution in [0.5, 0.6) is 0 Å². The number of hydrogen-bond acceptors (Lipinski definition) is 5. The largest absolute Gasteiger partial charge is 0.325 e. The number of urea groups is 1. The third-order valence-electron chi connectivity index (χ3n) is 5.70. The topological polar surface area (TPSA) is 116 Å². The molecule has 2 N–H and O–H groups in total. The fourth-order valence-corrected chi connectivity index (χ4v) is 5.85. The molecule has 1 aliphatic heterocycles. The molecule has 1 heterocycles. The lowest BCUT2D eigenvalue weighted by Gasteiger charge is -2.25. The lowest BCUT2D eigenvalue weighted by atomic mass is 9.88. The number of carbonyl (C=O) groups excluding carboxylic acids is 3. The molecule has 0 radical (unpaired) electrons. The number of rotatable bonds is 11. The average Bonchev–Trinajstić information content (AvgIpc) is 2.94. The summed E-state index contributed by atoms with van der Waals surface area (Å²) in [6.07, 6.45) is 2.46. The molecule has 0 saturated carbocycles. The van der Waals surface area contributed by atoms with Gasteiger partial charge in [-0.3, -0.25) is 14.5 Å². The van der Waals surface area contributed by atoms with Crippen LogP contribution < -0.4 is 10.6 Å². The van der Waals surface area contributed by atoms with E-state index in [2.05, 4.69) is 10.6 Å². The van der Waals surface area contributed by atoms with E-state index < -0.39 is 40.0 Å². The van der Waals surface area contributed by atoms with E-state index >= 15 is 0 Å². The Kier molecular flexibility index (Phi) is 8.41. The van der Waals surface area contributed by atoms with Gasteiger partial charge in [-0.15, -0.1) is 0 Å². The van der Waals surface area contributed by atoms with Crippen molar-refractivity contribution in [3.63, 3.8) is 0 Å². The molecule has 1 aromatic rings. The van der Waals surface area contributed by atoms with Crippen molar-refractivity contribution in [1.29, 1.82) is 0 Å². The van der Waals surface area contributed by atoms with E-state index in [9.17, 15) is 22.8 Å². The Bertz CT molecular complexity index is 967. The van der Waals surface area contributed by atoms with Crippen LogP contribution >= 0.6 is 0 Å². The summed E-state index contributed by atoms with van der Waals surface area (Å²) in [4.78, 5) is 39.1. The minimum atomic E-state index is -3.70. The van der Waals surface area contributed by atoms with Gasteiger partial charge in [-0.2, -0.15) is 4.31 Å². The Hall–Kier alpha value is -2.46. The molecule has 1 aliphatic rings. The van der Waals surface area contributed by atoms with Gasteiger partial charge >= 0.3 is 6.03 Å². The van der Waals surface area contributed by atoms with E-state index in [1.165, 1.54) is 10.4 Å². The molecule has 2 rings (SSSR count). The van der Waals surface area contributed by atoms with Crippen LogP contribution in [0.1, 0.15) is 58.9 Å². The number of carbonyl (C=O) groups is 3. The maximum atomic E-state index is 13.0. The molecule has 0 bridgehead atoms. The summed E-state index contributed by atoms with van der Waals surface area (Å²) in [6, 6.07) is 4.04. The van der Waals surface area contributed by atoms with Gasteiger partial charge in [0.1, 0.15) is 12.1 Å². The van der Waals surface area contributed by atoms with E-state index in [1.54, 1.807) is 32.9 Å². The highest BCUT2D eigenvalue weighted by atomic mass is 32.2. The van der Waals surface area contributed by atoms with Crippen molar-refractivity contribution >= 4 is 33.6 Å². The second kappa shape index (κ2) is 10.4. The van der Waals surface area contributed by atoms with E-state index in [0.717, 1.165) is 17.7 Å². The second-order valence-electron chi connectivity index (χ2n) is 8.02. The molecule has 1 aromatic carbocycles. The first-order chi connectivity index (χ1) is 15.1. The van der Waals surface area contributed by atoms with Crippen LogP contribution in [-0.2, 0) is 19.6 Å². The van der Waals surface area contributed by atoms with Crippen LogP contribution in [0.3, 0.4) is 0 Å². The molecule has 0 spiro atoms. The predicted molar refractivity (Wildman–Crippen MR) is 123 cm³/mol. The summed E-state index contributed by atoms with van der Waals surface area (Å²) >= 11 is 0. The molecular weight excluding hydrogens is 432 g/mol. The maximum absolute atomic E-state index is 13.0. The zero-order valence-electron chi connectivity index (χ0n) is 19.5. The third kappa shape index (κ3) is 5.12. The smallest absolute Gasteiger partial charge is 0.324 e. The van der Waals surface area contributed by atoms with E-state index in [1.807, 2.05) is 13.8 Å². The summed E-state index contributed by atoms with van der Waals surface area (Å²) in [5.41, 5.74) is -0.116. The molecule has 1 fully saturated rings. The molecule has 0 aliphatic carbocycles. The number of nitrogens with zero attached hydrogens (tertiary/aromatic N) is 2. The zero-order valence-corrected chi connectivity index (χ0v) is 20.3. The first kappa shape index (κ1) is 25.8. The summed E-state index contributed by atoms with van der Waals surface area (Å²) in [5.74, 6) is -0.970. The molecular formula is C22H34N4O5S. The van der Waals surface area contributed by atoms with Crippen molar-refractivity contribution in [1.82, 2.24) is 14.5 Å². The van der Waals surface area contributed by atoms with E-state index in [-0.39, 0.29) is 10.6 Å². The van der Waals surface area contributed by atoms with Crippen molar-refractivity contribution in [2.45, 2.75) is 70.7 Å². The predicted octanol–water partition coefficient (Wildman–Crippen LogP) is 2.85. The SMILES string of the molecule is CCCC1(CCC)NC(=O)N(CC(=O)Nc2ccc(C)c(S(=O)(=O)N(CC)CC)c2)C1=O. The second-order valence-corrected chi connectivity index (χ2v) is 9.93. The summed E-state index contributed by atoms with van der Waals surface area (Å²) in [6.45, 7) is 9.31. The van der Waals surface area contributed by atoms with E-state index in [4.69, 9.17) is 0 Å². The number of anilines is 1. The van der Waals surface area contributed by atoms with Gasteiger partial charge in [0.25, 0.3) is 5.91 Å². The molecule has 0 unspecified atom stereocenters. The third-order valence-corrected chi connectivity index (χ3v) is 7.89. The van der Waals surface area contributed by atoms with Crippen LogP contribution in [0.15, 0.2) is 23.1 Å².